The van der Waals surface area contributed by atoms with Crippen LogP contribution in [0.2, 0.25) is 0 Å². The highest BCUT2D eigenvalue weighted by atomic mass is 32.1. The molecule has 0 saturated carbocycles. The van der Waals surface area contributed by atoms with Gasteiger partial charge in [-0.25, -0.2) is 0 Å². The molecule has 7 heteroatoms. The summed E-state index contributed by atoms with van der Waals surface area (Å²) in [5.41, 5.74) is 2.73. The lowest BCUT2D eigenvalue weighted by Gasteiger charge is -2.22. The molecule has 0 radical (unpaired) electrons. The van der Waals surface area contributed by atoms with E-state index < -0.39 is 0 Å². The van der Waals surface area contributed by atoms with Gasteiger partial charge in [-0.15, -0.1) is 21.6 Å². The Morgan fingerprint density at radius 1 is 1.12 bits per heavy atom. The van der Waals surface area contributed by atoms with Gasteiger partial charge in [0.2, 0.25) is 5.91 Å². The molecule has 2 rings (SSSR count). The summed E-state index contributed by atoms with van der Waals surface area (Å²) in [7, 11) is 0. The molecule has 1 N–H and O–H groups in total. The highest BCUT2D eigenvalue weighted by Crippen LogP contribution is 2.35. The molecule has 0 atom stereocenters. The summed E-state index contributed by atoms with van der Waals surface area (Å²) in [6, 6.07) is 7.50. The van der Waals surface area contributed by atoms with Crippen molar-refractivity contribution in [3.63, 3.8) is 0 Å². The van der Waals surface area contributed by atoms with Crippen LogP contribution in [0.1, 0.15) is 42.9 Å². The largest absolute Gasteiger partial charge is 0.372 e. The van der Waals surface area contributed by atoms with Crippen LogP contribution >= 0.6 is 11.3 Å². The molecular weight excluding hydrogens is 348 g/mol. The van der Waals surface area contributed by atoms with Crippen molar-refractivity contribution >= 4 is 45.1 Å². The Kier molecular flexibility index (Phi) is 6.63. The van der Waals surface area contributed by atoms with Crippen LogP contribution in [-0.4, -0.2) is 24.8 Å². The van der Waals surface area contributed by atoms with E-state index in [-0.39, 0.29) is 11.7 Å². The fourth-order valence-electron chi connectivity index (χ4n) is 2.61. The second-order valence-electron chi connectivity index (χ2n) is 5.89. The monoisotopic (exact) mass is 372 g/mol. The smallest absolute Gasteiger partial charge is 0.221 e. The molecule has 6 nitrogen and oxygen atoms in total. The van der Waals surface area contributed by atoms with E-state index in [1.807, 2.05) is 31.2 Å². The first kappa shape index (κ1) is 19.8. The fraction of sp³-hybridized carbons (Fsp3) is 0.368. The Labute approximate surface area is 157 Å². The van der Waals surface area contributed by atoms with Crippen LogP contribution in [0, 0.1) is 6.92 Å². The first-order chi connectivity index (χ1) is 12.3. The van der Waals surface area contributed by atoms with Gasteiger partial charge < -0.3 is 10.2 Å². The van der Waals surface area contributed by atoms with E-state index in [2.05, 4.69) is 34.3 Å². The molecule has 0 aliphatic carbocycles. The standard InChI is InChI=1S/C19H24N4O2S/c1-6-23(7-2)15-8-9-17(18(11-15)20-14(5)25)21-22-19-16(13(4)24)10-12(3)26-19/h8-11H,6-7H2,1-5H3,(H,20,25). The summed E-state index contributed by atoms with van der Waals surface area (Å²) in [6.07, 6.45) is 0. The fourth-order valence-corrected chi connectivity index (χ4v) is 3.49. The number of nitrogens with zero attached hydrogens (tertiary/aromatic N) is 3. The quantitative estimate of drug-likeness (QED) is 0.516. The molecule has 1 aromatic heterocycles. The van der Waals surface area contributed by atoms with E-state index in [0.717, 1.165) is 23.7 Å². The normalized spacial score (nSPS) is 11.0. The number of azo groups is 1. The summed E-state index contributed by atoms with van der Waals surface area (Å²) < 4.78 is 0. The van der Waals surface area contributed by atoms with Gasteiger partial charge >= 0.3 is 0 Å². The molecule has 0 spiro atoms. The molecule has 0 fully saturated rings. The maximum Gasteiger partial charge on any atom is 0.221 e. The zero-order chi connectivity index (χ0) is 19.3. The highest BCUT2D eigenvalue weighted by molar-refractivity contribution is 7.16. The molecule has 1 heterocycles. The van der Waals surface area contributed by atoms with Crippen molar-refractivity contribution in [1.82, 2.24) is 0 Å². The number of nitrogens with one attached hydrogen (secondary N) is 1. The predicted molar refractivity (Wildman–Crippen MR) is 108 cm³/mol. The van der Waals surface area contributed by atoms with Crippen molar-refractivity contribution in [3.8, 4) is 0 Å². The third kappa shape index (κ3) is 4.76. The van der Waals surface area contributed by atoms with Gasteiger partial charge in [0.25, 0.3) is 0 Å². The average molecular weight is 372 g/mol. The summed E-state index contributed by atoms with van der Waals surface area (Å²) in [5, 5.41) is 11.9. The third-order valence-corrected chi connectivity index (χ3v) is 4.82. The second-order valence-corrected chi connectivity index (χ2v) is 7.12. The number of amides is 1. The lowest BCUT2D eigenvalue weighted by atomic mass is 10.2. The average Bonchev–Trinajstić information content (AvgIpc) is 2.96. The highest BCUT2D eigenvalue weighted by Gasteiger charge is 2.12. The van der Waals surface area contributed by atoms with Crippen molar-refractivity contribution in [2.75, 3.05) is 23.3 Å². The Bertz CT molecular complexity index is 838. The minimum Gasteiger partial charge on any atom is -0.372 e. The molecule has 2 aromatic rings. The van der Waals surface area contributed by atoms with Gasteiger partial charge in [0.15, 0.2) is 5.78 Å². The van der Waals surface area contributed by atoms with E-state index in [4.69, 9.17) is 0 Å². The molecule has 0 saturated heterocycles. The maximum atomic E-state index is 11.7. The van der Waals surface area contributed by atoms with E-state index in [0.29, 0.717) is 21.9 Å². The minimum absolute atomic E-state index is 0.0396. The van der Waals surface area contributed by atoms with Gasteiger partial charge in [-0.3, -0.25) is 9.59 Å². The van der Waals surface area contributed by atoms with Crippen LogP contribution in [0.15, 0.2) is 34.5 Å². The van der Waals surface area contributed by atoms with Gasteiger partial charge in [0.05, 0.1) is 11.3 Å². The number of aryl methyl sites for hydroxylation is 1. The van der Waals surface area contributed by atoms with Gasteiger partial charge in [0, 0.05) is 30.6 Å². The number of hydrogen-bond donors (Lipinski definition) is 1. The Morgan fingerprint density at radius 3 is 2.38 bits per heavy atom. The summed E-state index contributed by atoms with van der Waals surface area (Å²) in [6.45, 7) is 10.8. The van der Waals surface area contributed by atoms with Crippen LogP contribution in [0.4, 0.5) is 22.1 Å². The Balaban J connectivity index is 2.42. The van der Waals surface area contributed by atoms with Crippen LogP contribution in [0.3, 0.4) is 0 Å². The van der Waals surface area contributed by atoms with Gasteiger partial charge in [-0.1, -0.05) is 0 Å². The number of anilines is 2. The number of hydrogen-bond acceptors (Lipinski definition) is 6. The van der Waals surface area contributed by atoms with Gasteiger partial charge in [-0.05, 0) is 52.0 Å². The molecule has 138 valence electrons. The molecule has 0 aliphatic rings. The van der Waals surface area contributed by atoms with Crippen LogP contribution in [0.25, 0.3) is 0 Å². The second kappa shape index (κ2) is 8.71. The van der Waals surface area contributed by atoms with Crippen molar-refractivity contribution in [1.29, 1.82) is 0 Å². The summed E-state index contributed by atoms with van der Waals surface area (Å²) in [4.78, 5) is 26.5. The van der Waals surface area contributed by atoms with Crippen LogP contribution in [0.5, 0.6) is 0 Å². The number of Topliss-reactive ketones (excluding diaryl/α,β-unsaturated/α-hetero) is 1. The summed E-state index contributed by atoms with van der Waals surface area (Å²) >= 11 is 1.42. The van der Waals surface area contributed by atoms with E-state index >= 15 is 0 Å². The van der Waals surface area contributed by atoms with Gasteiger partial charge in [-0.2, -0.15) is 0 Å². The first-order valence-electron chi connectivity index (χ1n) is 8.55. The predicted octanol–water partition coefficient (Wildman–Crippen LogP) is 5.48. The number of ketones is 1. The number of carbonyl (C=O) groups is 2. The van der Waals surface area contributed by atoms with Crippen molar-refractivity contribution in [2.45, 2.75) is 34.6 Å². The van der Waals surface area contributed by atoms with Crippen LogP contribution in [-0.2, 0) is 4.79 Å². The number of rotatable bonds is 7. The van der Waals surface area contributed by atoms with E-state index in [1.54, 1.807) is 0 Å². The van der Waals surface area contributed by atoms with Crippen LogP contribution < -0.4 is 10.2 Å². The molecule has 0 aliphatic heterocycles. The topological polar surface area (TPSA) is 74.1 Å². The van der Waals surface area contributed by atoms with Gasteiger partial charge in [0.1, 0.15) is 10.7 Å². The Hall–Kier alpha value is -2.54. The third-order valence-electron chi connectivity index (χ3n) is 3.88. The molecule has 26 heavy (non-hydrogen) atoms. The lowest BCUT2D eigenvalue weighted by Crippen LogP contribution is -2.21. The number of thiophene rings is 1. The Morgan fingerprint density at radius 2 is 1.81 bits per heavy atom. The number of benzene rings is 1. The SMILES string of the molecule is CCN(CC)c1ccc(N=Nc2sc(C)cc2C(C)=O)c(NC(C)=O)c1. The van der Waals surface area contributed by atoms with Crippen molar-refractivity contribution in [3.05, 3.63) is 34.7 Å². The van der Waals surface area contributed by atoms with E-state index in [9.17, 15) is 9.59 Å². The lowest BCUT2D eigenvalue weighted by molar-refractivity contribution is -0.114. The molecule has 0 unspecified atom stereocenters. The zero-order valence-corrected chi connectivity index (χ0v) is 16.6. The zero-order valence-electron chi connectivity index (χ0n) is 15.8. The first-order valence-corrected chi connectivity index (χ1v) is 9.37. The maximum absolute atomic E-state index is 11.7. The van der Waals surface area contributed by atoms with E-state index in [1.165, 1.54) is 25.2 Å². The summed E-state index contributed by atoms with van der Waals surface area (Å²) in [5.74, 6) is -0.211. The van der Waals surface area contributed by atoms with Crippen molar-refractivity contribution in [2.24, 2.45) is 10.2 Å². The molecule has 0 bridgehead atoms. The van der Waals surface area contributed by atoms with Crippen molar-refractivity contribution < 1.29 is 9.59 Å². The molecular formula is C19H24N4O2S. The number of carbonyl (C=O) groups excluding carboxylic acids is 2. The minimum atomic E-state index is -0.172. The molecule has 1 amide bonds. The molecule has 1 aromatic carbocycles.